The van der Waals surface area contributed by atoms with Crippen molar-refractivity contribution in [2.75, 3.05) is 60.2 Å². The van der Waals surface area contributed by atoms with Crippen LogP contribution in [-0.2, 0) is 11.3 Å². The van der Waals surface area contributed by atoms with Crippen molar-refractivity contribution in [2.24, 2.45) is 4.99 Å². The fourth-order valence-electron chi connectivity index (χ4n) is 3.78. The highest BCUT2D eigenvalue weighted by atomic mass is 16.5. The van der Waals surface area contributed by atoms with Gasteiger partial charge in [0.05, 0.1) is 52.8 Å². The van der Waals surface area contributed by atoms with E-state index in [1.54, 1.807) is 14.2 Å². The number of morpholine rings is 1. The Kier molecular flexibility index (Phi) is 9.18. The third-order valence-corrected chi connectivity index (χ3v) is 5.44. The number of nitrogens with one attached hydrogen (secondary N) is 2. The summed E-state index contributed by atoms with van der Waals surface area (Å²) in [5, 5.41) is 11.1. The molecule has 2 aromatic rings. The lowest BCUT2D eigenvalue weighted by Crippen LogP contribution is -2.42. The van der Waals surface area contributed by atoms with Gasteiger partial charge in [-0.25, -0.2) is 0 Å². The maximum absolute atomic E-state index is 5.57. The highest BCUT2D eigenvalue weighted by Gasteiger charge is 2.24. The van der Waals surface area contributed by atoms with Crippen LogP contribution in [0.15, 0.2) is 35.6 Å². The molecule has 1 aromatic carbocycles. The van der Waals surface area contributed by atoms with Gasteiger partial charge in [-0.05, 0) is 37.1 Å². The topological polar surface area (TPSA) is 85.2 Å². The molecule has 1 aromatic heterocycles. The molecule has 9 heteroatoms. The van der Waals surface area contributed by atoms with Crippen molar-refractivity contribution in [3.05, 3.63) is 41.7 Å². The van der Waals surface area contributed by atoms with Gasteiger partial charge in [0.15, 0.2) is 17.5 Å². The zero-order valence-electron chi connectivity index (χ0n) is 19.6. The van der Waals surface area contributed by atoms with Gasteiger partial charge in [-0.15, -0.1) is 0 Å². The smallest absolute Gasteiger partial charge is 0.191 e. The molecule has 1 aliphatic heterocycles. The van der Waals surface area contributed by atoms with E-state index in [1.165, 1.54) is 0 Å². The average Bonchev–Trinajstić information content (AvgIpc) is 3.24. The van der Waals surface area contributed by atoms with Crippen LogP contribution >= 0.6 is 0 Å². The molecule has 2 N–H and O–H groups in total. The Hall–Kier alpha value is -2.78. The molecule has 32 heavy (non-hydrogen) atoms. The summed E-state index contributed by atoms with van der Waals surface area (Å²) in [5.41, 5.74) is 2.31. The van der Waals surface area contributed by atoms with Crippen LogP contribution in [0, 0.1) is 6.92 Å². The molecule has 2 heterocycles. The van der Waals surface area contributed by atoms with Gasteiger partial charge in [-0.3, -0.25) is 14.6 Å². The second kappa shape index (κ2) is 12.3. The maximum atomic E-state index is 5.57. The number of aryl methyl sites for hydroxylation is 1. The van der Waals surface area contributed by atoms with E-state index in [9.17, 15) is 0 Å². The molecule has 1 unspecified atom stereocenters. The third kappa shape index (κ3) is 6.61. The summed E-state index contributed by atoms with van der Waals surface area (Å²) in [6.45, 7) is 10.3. The molecule has 0 bridgehead atoms. The summed E-state index contributed by atoms with van der Waals surface area (Å²) < 4.78 is 18.5. The lowest BCUT2D eigenvalue weighted by atomic mass is 10.0. The second-order valence-electron chi connectivity index (χ2n) is 7.71. The van der Waals surface area contributed by atoms with Gasteiger partial charge in [0.2, 0.25) is 0 Å². The molecule has 0 radical (unpaired) electrons. The molecule has 0 saturated carbocycles. The van der Waals surface area contributed by atoms with E-state index in [4.69, 9.17) is 19.2 Å². The van der Waals surface area contributed by atoms with Crippen molar-refractivity contribution in [1.29, 1.82) is 0 Å². The summed E-state index contributed by atoms with van der Waals surface area (Å²) in [4.78, 5) is 7.33. The number of hydrogen-bond acceptors (Lipinski definition) is 6. The molecule has 1 fully saturated rings. The van der Waals surface area contributed by atoms with Crippen LogP contribution in [-0.4, -0.2) is 80.8 Å². The largest absolute Gasteiger partial charge is 0.493 e. The van der Waals surface area contributed by atoms with E-state index >= 15 is 0 Å². The zero-order chi connectivity index (χ0) is 22.8. The molecule has 176 valence electrons. The predicted octanol–water partition coefficient (Wildman–Crippen LogP) is 1.84. The van der Waals surface area contributed by atoms with E-state index in [-0.39, 0.29) is 6.04 Å². The van der Waals surface area contributed by atoms with Crippen molar-refractivity contribution in [3.63, 3.8) is 0 Å². The minimum Gasteiger partial charge on any atom is -0.493 e. The first-order chi connectivity index (χ1) is 15.6. The molecule has 1 atom stereocenters. The average molecular weight is 445 g/mol. The minimum atomic E-state index is 0.114. The lowest BCUT2D eigenvalue weighted by Gasteiger charge is -2.34. The van der Waals surface area contributed by atoms with Crippen LogP contribution in [0.2, 0.25) is 0 Å². The van der Waals surface area contributed by atoms with Crippen molar-refractivity contribution in [3.8, 4) is 11.5 Å². The molecule has 0 aliphatic carbocycles. The summed E-state index contributed by atoms with van der Waals surface area (Å²) in [7, 11) is 3.32. The monoisotopic (exact) mass is 444 g/mol. The number of guanidine groups is 1. The van der Waals surface area contributed by atoms with Crippen LogP contribution in [0.3, 0.4) is 0 Å². The second-order valence-corrected chi connectivity index (χ2v) is 7.71. The SMILES string of the molecule is CCNC(=NCC(c1ccc(OC)c(OC)c1)N1CCOCC1)NCCn1cc(C)cn1. The molecule has 9 nitrogen and oxygen atoms in total. The Balaban J connectivity index is 1.73. The molecular weight excluding hydrogens is 408 g/mol. The Morgan fingerprint density at radius 2 is 1.97 bits per heavy atom. The number of hydrogen-bond donors (Lipinski definition) is 2. The summed E-state index contributed by atoms with van der Waals surface area (Å²) in [6, 6.07) is 6.22. The fraction of sp³-hybridized carbons (Fsp3) is 0.565. The van der Waals surface area contributed by atoms with Gasteiger partial charge in [0.25, 0.3) is 0 Å². The summed E-state index contributed by atoms with van der Waals surface area (Å²) >= 11 is 0. The number of ether oxygens (including phenoxy) is 3. The van der Waals surface area contributed by atoms with E-state index in [0.717, 1.165) is 74.5 Å². The van der Waals surface area contributed by atoms with Crippen molar-refractivity contribution in [2.45, 2.75) is 26.4 Å². The number of nitrogens with zero attached hydrogens (tertiary/aromatic N) is 4. The number of methoxy groups -OCH3 is 2. The standard InChI is InChI=1S/C23H36N6O3/c1-5-24-23(25-8-9-29-17-18(2)15-27-29)26-16-20(28-10-12-32-13-11-28)19-6-7-21(30-3)22(14-19)31-4/h6-7,14-15,17,20H,5,8-13,16H2,1-4H3,(H2,24,25,26). The van der Waals surface area contributed by atoms with Crippen LogP contribution in [0.4, 0.5) is 0 Å². The van der Waals surface area contributed by atoms with Crippen molar-refractivity contribution < 1.29 is 14.2 Å². The van der Waals surface area contributed by atoms with E-state index in [1.807, 2.05) is 30.1 Å². The molecule has 1 saturated heterocycles. The third-order valence-electron chi connectivity index (χ3n) is 5.44. The fourth-order valence-corrected chi connectivity index (χ4v) is 3.78. The number of rotatable bonds is 10. The first-order valence-electron chi connectivity index (χ1n) is 11.2. The minimum absolute atomic E-state index is 0.114. The van der Waals surface area contributed by atoms with Crippen LogP contribution < -0.4 is 20.1 Å². The molecule has 1 aliphatic rings. The van der Waals surface area contributed by atoms with Crippen LogP contribution in [0.25, 0.3) is 0 Å². The molecule has 0 spiro atoms. The number of benzene rings is 1. The Labute approximate surface area is 190 Å². The first kappa shape index (κ1) is 23.9. The van der Waals surface area contributed by atoms with Crippen LogP contribution in [0.5, 0.6) is 11.5 Å². The maximum Gasteiger partial charge on any atom is 0.191 e. The van der Waals surface area contributed by atoms with Crippen molar-refractivity contribution in [1.82, 2.24) is 25.3 Å². The van der Waals surface area contributed by atoms with E-state index < -0.39 is 0 Å². The molecule has 0 amide bonds. The molecular formula is C23H36N6O3. The lowest BCUT2D eigenvalue weighted by molar-refractivity contribution is 0.0179. The predicted molar refractivity (Wildman–Crippen MR) is 126 cm³/mol. The highest BCUT2D eigenvalue weighted by molar-refractivity contribution is 5.79. The van der Waals surface area contributed by atoms with Gasteiger partial charge in [0, 0.05) is 32.4 Å². The van der Waals surface area contributed by atoms with Crippen molar-refractivity contribution >= 4 is 5.96 Å². The Bertz CT molecular complexity index is 863. The number of aliphatic imine (C=N–C) groups is 1. The summed E-state index contributed by atoms with van der Waals surface area (Å²) in [6.07, 6.45) is 3.91. The van der Waals surface area contributed by atoms with E-state index in [0.29, 0.717) is 6.54 Å². The van der Waals surface area contributed by atoms with Gasteiger partial charge in [0.1, 0.15) is 0 Å². The first-order valence-corrected chi connectivity index (χ1v) is 11.2. The normalized spacial score (nSPS) is 15.9. The molecule has 3 rings (SSSR count). The van der Waals surface area contributed by atoms with Gasteiger partial charge >= 0.3 is 0 Å². The quantitative estimate of drug-likeness (QED) is 0.427. The van der Waals surface area contributed by atoms with Crippen LogP contribution in [0.1, 0.15) is 24.1 Å². The Morgan fingerprint density at radius 3 is 2.62 bits per heavy atom. The number of aromatic nitrogens is 2. The van der Waals surface area contributed by atoms with Gasteiger partial charge < -0.3 is 24.8 Å². The Morgan fingerprint density at radius 1 is 1.19 bits per heavy atom. The van der Waals surface area contributed by atoms with E-state index in [2.05, 4.69) is 39.7 Å². The highest BCUT2D eigenvalue weighted by Crippen LogP contribution is 2.32. The van der Waals surface area contributed by atoms with Gasteiger partial charge in [-0.2, -0.15) is 5.10 Å². The summed E-state index contributed by atoms with van der Waals surface area (Å²) in [5.74, 6) is 2.26. The zero-order valence-corrected chi connectivity index (χ0v) is 19.6. The van der Waals surface area contributed by atoms with Gasteiger partial charge in [-0.1, -0.05) is 6.07 Å².